The van der Waals surface area contributed by atoms with E-state index in [1.807, 2.05) is 11.7 Å². The summed E-state index contributed by atoms with van der Waals surface area (Å²) in [6.45, 7) is 11.3. The Labute approximate surface area is 124 Å². The normalized spacial score (nSPS) is 15.3. The minimum absolute atomic E-state index is 0.312. The van der Waals surface area contributed by atoms with Gasteiger partial charge in [-0.1, -0.05) is 34.6 Å². The lowest BCUT2D eigenvalue weighted by molar-refractivity contribution is 0.273. The van der Waals surface area contributed by atoms with E-state index in [0.29, 0.717) is 17.4 Å². The number of aryl methyl sites for hydroxylation is 2. The molecule has 0 spiro atoms. The van der Waals surface area contributed by atoms with Gasteiger partial charge in [-0.05, 0) is 36.7 Å². The summed E-state index contributed by atoms with van der Waals surface area (Å²) in [5.74, 6) is 6.40. The maximum atomic E-state index is 5.74. The number of aromatic nitrogens is 2. The molecule has 3 N–H and O–H groups in total. The van der Waals surface area contributed by atoms with Crippen LogP contribution >= 0.6 is 0 Å². The zero-order valence-electron chi connectivity index (χ0n) is 14.0. The van der Waals surface area contributed by atoms with Crippen molar-refractivity contribution in [2.24, 2.45) is 24.2 Å². The van der Waals surface area contributed by atoms with E-state index in [-0.39, 0.29) is 0 Å². The van der Waals surface area contributed by atoms with Gasteiger partial charge in [0.25, 0.3) is 0 Å². The van der Waals surface area contributed by atoms with Crippen molar-refractivity contribution in [3.63, 3.8) is 0 Å². The number of hydrogen-bond donors (Lipinski definition) is 2. The number of hydrogen-bond acceptors (Lipinski definition) is 3. The summed E-state index contributed by atoms with van der Waals surface area (Å²) in [6, 6.07) is 2.51. The molecule has 0 bridgehead atoms. The largest absolute Gasteiger partial charge is 0.272 e. The molecule has 1 aromatic rings. The summed E-state index contributed by atoms with van der Waals surface area (Å²) in [5.41, 5.74) is 5.77. The van der Waals surface area contributed by atoms with Gasteiger partial charge in [0.2, 0.25) is 0 Å². The van der Waals surface area contributed by atoms with Crippen LogP contribution in [0.4, 0.5) is 0 Å². The lowest BCUT2D eigenvalue weighted by atomic mass is 9.82. The Hall–Kier alpha value is -0.870. The number of hydrazine groups is 1. The molecule has 4 heteroatoms. The molecule has 20 heavy (non-hydrogen) atoms. The third kappa shape index (κ3) is 5.63. The second kappa shape index (κ2) is 7.23. The predicted octanol–water partition coefficient (Wildman–Crippen LogP) is 2.82. The van der Waals surface area contributed by atoms with Crippen LogP contribution in [0.3, 0.4) is 0 Å². The van der Waals surface area contributed by atoms with Crippen molar-refractivity contribution in [1.82, 2.24) is 15.2 Å². The molecule has 0 radical (unpaired) electrons. The standard InChI is InChI=1S/C16H32N4/c1-7-13-9-15(20(6)19-13)10-14(18-17)8-12(2)11-16(3,4)5/h9,12,14,18H,7-8,10-11,17H2,1-6H3. The molecule has 0 saturated heterocycles. The SMILES string of the molecule is CCc1cc(CC(CC(C)CC(C)(C)C)NN)n(C)n1. The second-order valence-electron chi connectivity index (χ2n) is 7.28. The Morgan fingerprint density at radius 3 is 2.50 bits per heavy atom. The Kier molecular flexibility index (Phi) is 6.21. The first-order valence-electron chi connectivity index (χ1n) is 7.73. The van der Waals surface area contributed by atoms with Gasteiger partial charge in [0.1, 0.15) is 0 Å². The summed E-state index contributed by atoms with van der Waals surface area (Å²) in [5, 5.41) is 4.50. The van der Waals surface area contributed by atoms with E-state index in [1.54, 1.807) is 0 Å². The maximum absolute atomic E-state index is 5.74. The smallest absolute Gasteiger partial charge is 0.0624 e. The molecule has 0 aliphatic carbocycles. The van der Waals surface area contributed by atoms with Gasteiger partial charge >= 0.3 is 0 Å². The van der Waals surface area contributed by atoms with Crippen molar-refractivity contribution in [3.8, 4) is 0 Å². The van der Waals surface area contributed by atoms with E-state index in [0.717, 1.165) is 25.0 Å². The average Bonchev–Trinajstić information content (AvgIpc) is 2.67. The third-order valence-corrected chi connectivity index (χ3v) is 3.73. The van der Waals surface area contributed by atoms with Gasteiger partial charge in [-0.15, -0.1) is 0 Å². The minimum atomic E-state index is 0.312. The molecule has 4 nitrogen and oxygen atoms in total. The van der Waals surface area contributed by atoms with Crippen LogP contribution in [-0.4, -0.2) is 15.8 Å². The molecule has 0 aliphatic rings. The maximum Gasteiger partial charge on any atom is 0.0624 e. The second-order valence-corrected chi connectivity index (χ2v) is 7.28. The summed E-state index contributed by atoms with van der Waals surface area (Å²) in [4.78, 5) is 0. The summed E-state index contributed by atoms with van der Waals surface area (Å²) in [7, 11) is 2.01. The monoisotopic (exact) mass is 280 g/mol. The van der Waals surface area contributed by atoms with E-state index >= 15 is 0 Å². The lowest BCUT2D eigenvalue weighted by Gasteiger charge is -2.26. The van der Waals surface area contributed by atoms with Crippen LogP contribution in [0.15, 0.2) is 6.07 Å². The Morgan fingerprint density at radius 1 is 1.40 bits per heavy atom. The van der Waals surface area contributed by atoms with Gasteiger partial charge in [-0.3, -0.25) is 16.0 Å². The van der Waals surface area contributed by atoms with Gasteiger partial charge < -0.3 is 0 Å². The first-order valence-corrected chi connectivity index (χ1v) is 7.73. The predicted molar refractivity (Wildman–Crippen MR) is 85.3 cm³/mol. The van der Waals surface area contributed by atoms with Crippen molar-refractivity contribution in [3.05, 3.63) is 17.5 Å². The van der Waals surface area contributed by atoms with Crippen molar-refractivity contribution in [2.75, 3.05) is 0 Å². The van der Waals surface area contributed by atoms with Crippen LogP contribution in [0, 0.1) is 11.3 Å². The van der Waals surface area contributed by atoms with Gasteiger partial charge in [0.05, 0.1) is 5.69 Å². The highest BCUT2D eigenvalue weighted by molar-refractivity contribution is 5.11. The minimum Gasteiger partial charge on any atom is -0.272 e. The highest BCUT2D eigenvalue weighted by atomic mass is 15.3. The van der Waals surface area contributed by atoms with Gasteiger partial charge in [0.15, 0.2) is 0 Å². The molecule has 2 unspecified atom stereocenters. The first kappa shape index (κ1) is 17.2. The van der Waals surface area contributed by atoms with Gasteiger partial charge in [-0.25, -0.2) is 0 Å². The van der Waals surface area contributed by atoms with Gasteiger partial charge in [-0.2, -0.15) is 5.10 Å². The van der Waals surface area contributed by atoms with Crippen LogP contribution in [-0.2, 0) is 19.9 Å². The van der Waals surface area contributed by atoms with Crippen LogP contribution < -0.4 is 11.3 Å². The molecule has 0 amide bonds. The molecule has 0 fully saturated rings. The Morgan fingerprint density at radius 2 is 2.05 bits per heavy atom. The van der Waals surface area contributed by atoms with Crippen LogP contribution in [0.1, 0.15) is 58.8 Å². The van der Waals surface area contributed by atoms with Crippen molar-refractivity contribution in [2.45, 2.75) is 66.3 Å². The quantitative estimate of drug-likeness (QED) is 0.596. The van der Waals surface area contributed by atoms with E-state index < -0.39 is 0 Å². The zero-order chi connectivity index (χ0) is 15.3. The van der Waals surface area contributed by atoms with Crippen LogP contribution in [0.2, 0.25) is 0 Å². The highest BCUT2D eigenvalue weighted by Gasteiger charge is 2.20. The Balaban J connectivity index is 2.60. The summed E-state index contributed by atoms with van der Waals surface area (Å²) in [6.07, 6.45) is 4.24. The van der Waals surface area contributed by atoms with Crippen LogP contribution in [0.25, 0.3) is 0 Å². The fourth-order valence-electron chi connectivity index (χ4n) is 3.01. The van der Waals surface area contributed by atoms with Crippen molar-refractivity contribution in [1.29, 1.82) is 0 Å². The molecule has 0 aromatic carbocycles. The lowest BCUT2D eigenvalue weighted by Crippen LogP contribution is -2.38. The van der Waals surface area contributed by atoms with E-state index in [2.05, 4.69) is 51.2 Å². The van der Waals surface area contributed by atoms with E-state index in [9.17, 15) is 0 Å². The molecule has 116 valence electrons. The molecule has 0 saturated carbocycles. The molecule has 1 heterocycles. The van der Waals surface area contributed by atoms with Crippen LogP contribution in [0.5, 0.6) is 0 Å². The summed E-state index contributed by atoms with van der Waals surface area (Å²) >= 11 is 0. The topological polar surface area (TPSA) is 55.9 Å². The zero-order valence-corrected chi connectivity index (χ0v) is 14.0. The number of nitrogens with zero attached hydrogens (tertiary/aromatic N) is 2. The molecule has 2 atom stereocenters. The van der Waals surface area contributed by atoms with E-state index in [1.165, 1.54) is 12.1 Å². The molecular weight excluding hydrogens is 248 g/mol. The average molecular weight is 280 g/mol. The van der Waals surface area contributed by atoms with Crippen molar-refractivity contribution < 1.29 is 0 Å². The fraction of sp³-hybridized carbons (Fsp3) is 0.812. The molecule has 0 aliphatic heterocycles. The van der Waals surface area contributed by atoms with E-state index in [4.69, 9.17) is 5.84 Å². The van der Waals surface area contributed by atoms with Crippen molar-refractivity contribution >= 4 is 0 Å². The first-order chi connectivity index (χ1) is 9.25. The van der Waals surface area contributed by atoms with Gasteiger partial charge in [0, 0.05) is 25.2 Å². The fourth-order valence-corrected chi connectivity index (χ4v) is 3.01. The number of rotatable bonds is 7. The third-order valence-electron chi connectivity index (χ3n) is 3.73. The number of nitrogens with one attached hydrogen (secondary N) is 1. The highest BCUT2D eigenvalue weighted by Crippen LogP contribution is 2.27. The summed E-state index contributed by atoms with van der Waals surface area (Å²) < 4.78 is 1.98. The Bertz CT molecular complexity index is 403. The molecule has 1 rings (SSSR count). The molecular formula is C16H32N4. The molecule has 1 aromatic heterocycles. The number of nitrogens with two attached hydrogens (primary N) is 1.